The Bertz CT molecular complexity index is 549. The van der Waals surface area contributed by atoms with E-state index in [9.17, 15) is 4.79 Å². The number of piperazine rings is 1. The van der Waals surface area contributed by atoms with Gasteiger partial charge < -0.3 is 15.1 Å². The summed E-state index contributed by atoms with van der Waals surface area (Å²) in [5.74, 6) is 0.770. The summed E-state index contributed by atoms with van der Waals surface area (Å²) in [5.41, 5.74) is 2.13. The molecule has 0 bridgehead atoms. The number of hydrogen-bond acceptors (Lipinski definition) is 4. The zero-order valence-corrected chi connectivity index (χ0v) is 15.7. The molecule has 5 heteroatoms. The molecule has 2 heterocycles. The van der Waals surface area contributed by atoms with Crippen molar-refractivity contribution in [1.29, 1.82) is 0 Å². The highest BCUT2D eigenvalue weighted by Gasteiger charge is 2.24. The summed E-state index contributed by atoms with van der Waals surface area (Å²) in [7, 11) is 4.17. The maximum Gasteiger partial charge on any atom is 0.253 e. The average Bonchev–Trinajstić information content (AvgIpc) is 2.64. The summed E-state index contributed by atoms with van der Waals surface area (Å²) in [5, 5.41) is 3.24. The van der Waals surface area contributed by atoms with E-state index in [1.807, 2.05) is 24.1 Å². The number of nitrogens with one attached hydrogen (secondary N) is 1. The number of benzene rings is 1. The Hall–Kier alpha value is -1.43. The second-order valence-corrected chi connectivity index (χ2v) is 7.59. The molecule has 2 aliphatic rings. The summed E-state index contributed by atoms with van der Waals surface area (Å²) in [6, 6.07) is 8.27. The van der Waals surface area contributed by atoms with E-state index in [0.717, 1.165) is 64.3 Å². The lowest BCUT2D eigenvalue weighted by Gasteiger charge is -2.33. The van der Waals surface area contributed by atoms with Crippen molar-refractivity contribution in [1.82, 2.24) is 20.0 Å². The van der Waals surface area contributed by atoms with Crippen LogP contribution in [-0.2, 0) is 6.54 Å². The normalized spacial score (nSPS) is 23.0. The monoisotopic (exact) mass is 344 g/mol. The van der Waals surface area contributed by atoms with Crippen LogP contribution in [0.5, 0.6) is 0 Å². The molecular formula is C20H32N4O. The van der Waals surface area contributed by atoms with Crippen LogP contribution in [0.1, 0.15) is 28.8 Å². The van der Waals surface area contributed by atoms with Crippen molar-refractivity contribution < 1.29 is 4.79 Å². The molecule has 3 rings (SSSR count). The van der Waals surface area contributed by atoms with Crippen LogP contribution in [0.15, 0.2) is 24.3 Å². The van der Waals surface area contributed by atoms with Gasteiger partial charge in [-0.3, -0.25) is 9.69 Å². The van der Waals surface area contributed by atoms with Crippen LogP contribution in [0.3, 0.4) is 0 Å². The molecule has 2 aliphatic heterocycles. The second-order valence-electron chi connectivity index (χ2n) is 7.59. The number of carbonyl (C=O) groups is 1. The summed E-state index contributed by atoms with van der Waals surface area (Å²) in [6.45, 7) is 8.27. The van der Waals surface area contributed by atoms with E-state index >= 15 is 0 Å². The van der Waals surface area contributed by atoms with Gasteiger partial charge >= 0.3 is 0 Å². The molecular weight excluding hydrogens is 312 g/mol. The minimum absolute atomic E-state index is 0.187. The minimum atomic E-state index is 0.187. The van der Waals surface area contributed by atoms with Crippen LogP contribution in [-0.4, -0.2) is 80.5 Å². The molecule has 1 amide bonds. The van der Waals surface area contributed by atoms with E-state index in [2.05, 4.69) is 34.3 Å². The van der Waals surface area contributed by atoms with Crippen molar-refractivity contribution in [2.24, 2.45) is 5.92 Å². The average molecular weight is 345 g/mol. The van der Waals surface area contributed by atoms with E-state index in [1.165, 1.54) is 12.0 Å². The first-order valence-electron chi connectivity index (χ1n) is 9.59. The molecule has 2 saturated heterocycles. The summed E-state index contributed by atoms with van der Waals surface area (Å²) in [4.78, 5) is 19.7. The number of rotatable bonds is 5. The number of likely N-dealkylation sites (N-methyl/N-ethyl adjacent to an activating group) is 1. The standard InChI is InChI=1S/C20H32N4O/c1-21-14-18-4-3-9-24(16-18)20(25)19-7-5-17(6-8-19)15-23-12-10-22(2)11-13-23/h5-8,18,21H,3-4,9-16H2,1-2H3. The van der Waals surface area contributed by atoms with E-state index in [-0.39, 0.29) is 5.91 Å². The molecule has 25 heavy (non-hydrogen) atoms. The van der Waals surface area contributed by atoms with Crippen LogP contribution in [0.25, 0.3) is 0 Å². The summed E-state index contributed by atoms with van der Waals surface area (Å²) in [6.07, 6.45) is 2.33. The Labute approximate surface area is 152 Å². The van der Waals surface area contributed by atoms with E-state index in [1.54, 1.807) is 0 Å². The lowest BCUT2D eigenvalue weighted by Crippen LogP contribution is -2.43. The van der Waals surface area contributed by atoms with Crippen molar-refractivity contribution in [2.45, 2.75) is 19.4 Å². The highest BCUT2D eigenvalue weighted by atomic mass is 16.2. The number of likely N-dealkylation sites (tertiary alicyclic amines) is 1. The van der Waals surface area contributed by atoms with Gasteiger partial charge in [-0.2, -0.15) is 0 Å². The van der Waals surface area contributed by atoms with Gasteiger partial charge in [-0.15, -0.1) is 0 Å². The largest absolute Gasteiger partial charge is 0.338 e. The summed E-state index contributed by atoms with van der Waals surface area (Å²) >= 11 is 0. The van der Waals surface area contributed by atoms with Crippen LogP contribution < -0.4 is 5.32 Å². The zero-order valence-electron chi connectivity index (χ0n) is 15.7. The smallest absolute Gasteiger partial charge is 0.253 e. The van der Waals surface area contributed by atoms with Crippen molar-refractivity contribution in [2.75, 3.05) is 59.9 Å². The van der Waals surface area contributed by atoms with Crippen molar-refractivity contribution in [3.63, 3.8) is 0 Å². The molecule has 1 atom stereocenters. The number of amides is 1. The molecule has 1 aromatic rings. The predicted molar refractivity (Wildman–Crippen MR) is 102 cm³/mol. The molecule has 2 fully saturated rings. The van der Waals surface area contributed by atoms with Gasteiger partial charge in [-0.05, 0) is 57.1 Å². The van der Waals surface area contributed by atoms with Gasteiger partial charge in [-0.25, -0.2) is 0 Å². The Morgan fingerprint density at radius 1 is 1.12 bits per heavy atom. The van der Waals surface area contributed by atoms with Gasteiger partial charge in [0.25, 0.3) is 5.91 Å². The summed E-state index contributed by atoms with van der Waals surface area (Å²) < 4.78 is 0. The number of carbonyl (C=O) groups excluding carboxylic acids is 1. The topological polar surface area (TPSA) is 38.8 Å². The SMILES string of the molecule is CNCC1CCCN(C(=O)c2ccc(CN3CCN(C)CC3)cc2)C1. The highest BCUT2D eigenvalue weighted by Crippen LogP contribution is 2.19. The Morgan fingerprint density at radius 2 is 1.84 bits per heavy atom. The molecule has 0 aliphatic carbocycles. The molecule has 0 aromatic heterocycles. The van der Waals surface area contributed by atoms with E-state index in [4.69, 9.17) is 0 Å². The zero-order chi connectivity index (χ0) is 17.6. The molecule has 0 spiro atoms. The Kier molecular flexibility index (Phi) is 6.45. The number of hydrogen-bond donors (Lipinski definition) is 1. The molecule has 1 aromatic carbocycles. The molecule has 138 valence electrons. The molecule has 1 unspecified atom stereocenters. The maximum absolute atomic E-state index is 12.8. The Morgan fingerprint density at radius 3 is 2.52 bits per heavy atom. The van der Waals surface area contributed by atoms with E-state index < -0.39 is 0 Å². The first-order chi connectivity index (χ1) is 12.2. The second kappa shape index (κ2) is 8.79. The highest BCUT2D eigenvalue weighted by molar-refractivity contribution is 5.94. The van der Waals surface area contributed by atoms with Crippen LogP contribution in [0.2, 0.25) is 0 Å². The van der Waals surface area contributed by atoms with Crippen LogP contribution in [0, 0.1) is 5.92 Å². The number of nitrogens with zero attached hydrogens (tertiary/aromatic N) is 3. The van der Waals surface area contributed by atoms with Gasteiger partial charge in [0, 0.05) is 51.4 Å². The van der Waals surface area contributed by atoms with Crippen LogP contribution in [0.4, 0.5) is 0 Å². The van der Waals surface area contributed by atoms with Gasteiger partial charge in [0.05, 0.1) is 0 Å². The van der Waals surface area contributed by atoms with Crippen LogP contribution >= 0.6 is 0 Å². The minimum Gasteiger partial charge on any atom is -0.338 e. The maximum atomic E-state index is 12.8. The fourth-order valence-corrected chi connectivity index (χ4v) is 3.90. The third-order valence-corrected chi connectivity index (χ3v) is 5.50. The molecule has 5 nitrogen and oxygen atoms in total. The Balaban J connectivity index is 1.55. The fourth-order valence-electron chi connectivity index (χ4n) is 3.90. The lowest BCUT2D eigenvalue weighted by molar-refractivity contribution is 0.0674. The van der Waals surface area contributed by atoms with Gasteiger partial charge in [-0.1, -0.05) is 12.1 Å². The molecule has 0 saturated carbocycles. The first-order valence-corrected chi connectivity index (χ1v) is 9.59. The molecule has 0 radical (unpaired) electrons. The van der Waals surface area contributed by atoms with Crippen molar-refractivity contribution >= 4 is 5.91 Å². The van der Waals surface area contributed by atoms with Crippen molar-refractivity contribution in [3.05, 3.63) is 35.4 Å². The quantitative estimate of drug-likeness (QED) is 0.879. The predicted octanol–water partition coefficient (Wildman–Crippen LogP) is 1.51. The van der Waals surface area contributed by atoms with Gasteiger partial charge in [0.2, 0.25) is 0 Å². The molecule has 1 N–H and O–H groups in total. The van der Waals surface area contributed by atoms with E-state index in [0.29, 0.717) is 5.92 Å². The fraction of sp³-hybridized carbons (Fsp3) is 0.650. The van der Waals surface area contributed by atoms with Gasteiger partial charge in [0.1, 0.15) is 0 Å². The lowest BCUT2D eigenvalue weighted by atomic mass is 9.97. The third-order valence-electron chi connectivity index (χ3n) is 5.50. The third kappa shape index (κ3) is 5.03. The first kappa shape index (κ1) is 18.4. The van der Waals surface area contributed by atoms with Crippen molar-refractivity contribution in [3.8, 4) is 0 Å². The number of piperidine rings is 1. The van der Waals surface area contributed by atoms with Gasteiger partial charge in [0.15, 0.2) is 0 Å².